The summed E-state index contributed by atoms with van der Waals surface area (Å²) in [6, 6.07) is 0. The summed E-state index contributed by atoms with van der Waals surface area (Å²) < 4.78 is 10.1. The fourth-order valence-electron chi connectivity index (χ4n) is 1.29. The summed E-state index contributed by atoms with van der Waals surface area (Å²) in [5.41, 5.74) is 0. The van der Waals surface area contributed by atoms with Crippen LogP contribution in [0.5, 0.6) is 0 Å². The molecule has 1 saturated carbocycles. The maximum Gasteiger partial charge on any atom is 0.187 e. The number of ketones is 1. The molecule has 1 atom stereocenters. The van der Waals surface area contributed by atoms with E-state index in [0.717, 1.165) is 12.8 Å². The van der Waals surface area contributed by atoms with Gasteiger partial charge in [0.15, 0.2) is 5.78 Å². The van der Waals surface area contributed by atoms with Crippen molar-refractivity contribution in [2.75, 3.05) is 20.3 Å². The van der Waals surface area contributed by atoms with E-state index in [2.05, 4.69) is 0 Å². The molecule has 0 N–H and O–H groups in total. The molecule has 0 amide bonds. The van der Waals surface area contributed by atoms with Gasteiger partial charge in [0.1, 0.15) is 12.7 Å². The van der Waals surface area contributed by atoms with E-state index >= 15 is 0 Å². The van der Waals surface area contributed by atoms with Gasteiger partial charge < -0.3 is 9.47 Å². The van der Waals surface area contributed by atoms with Gasteiger partial charge in [-0.1, -0.05) is 0 Å². The standard InChI is InChI=1S/C9H16O3/c1-3-12-9(7-4-5-7)8(10)6-11-2/h7,9H,3-6H2,1-2H3. The minimum absolute atomic E-state index is 0.0850. The molecule has 0 spiro atoms. The van der Waals surface area contributed by atoms with Crippen LogP contribution in [0.1, 0.15) is 19.8 Å². The molecule has 0 aromatic rings. The van der Waals surface area contributed by atoms with Crippen LogP contribution in [0.3, 0.4) is 0 Å². The normalized spacial score (nSPS) is 19.2. The molecule has 0 aromatic carbocycles. The van der Waals surface area contributed by atoms with Gasteiger partial charge in [0.25, 0.3) is 0 Å². The van der Waals surface area contributed by atoms with Gasteiger partial charge in [-0.25, -0.2) is 0 Å². The zero-order chi connectivity index (χ0) is 8.97. The number of hydrogen-bond acceptors (Lipinski definition) is 3. The van der Waals surface area contributed by atoms with Crippen LogP contribution in [0.15, 0.2) is 0 Å². The Hall–Kier alpha value is -0.410. The Kier molecular flexibility index (Phi) is 3.69. The highest BCUT2D eigenvalue weighted by Gasteiger charge is 2.36. The van der Waals surface area contributed by atoms with E-state index in [1.54, 1.807) is 0 Å². The van der Waals surface area contributed by atoms with Crippen molar-refractivity contribution in [1.82, 2.24) is 0 Å². The molecule has 0 saturated heterocycles. The van der Waals surface area contributed by atoms with Crippen molar-refractivity contribution in [2.24, 2.45) is 5.92 Å². The smallest absolute Gasteiger partial charge is 0.187 e. The summed E-state index contributed by atoms with van der Waals surface area (Å²) in [6.45, 7) is 2.70. The predicted octanol–water partition coefficient (Wildman–Crippen LogP) is 1.02. The summed E-state index contributed by atoms with van der Waals surface area (Å²) in [7, 11) is 1.54. The van der Waals surface area contributed by atoms with E-state index in [-0.39, 0.29) is 18.5 Å². The van der Waals surface area contributed by atoms with E-state index in [1.807, 2.05) is 6.92 Å². The largest absolute Gasteiger partial charge is 0.377 e. The van der Waals surface area contributed by atoms with Gasteiger partial charge >= 0.3 is 0 Å². The average molecular weight is 172 g/mol. The van der Waals surface area contributed by atoms with Crippen LogP contribution in [0.2, 0.25) is 0 Å². The third-order valence-electron chi connectivity index (χ3n) is 2.00. The van der Waals surface area contributed by atoms with Gasteiger partial charge in [0.2, 0.25) is 0 Å². The van der Waals surface area contributed by atoms with Crippen molar-refractivity contribution in [3.8, 4) is 0 Å². The zero-order valence-electron chi connectivity index (χ0n) is 7.71. The second kappa shape index (κ2) is 4.58. The van der Waals surface area contributed by atoms with Crippen LogP contribution in [0, 0.1) is 5.92 Å². The summed E-state index contributed by atoms with van der Waals surface area (Å²) in [5, 5.41) is 0. The number of carbonyl (C=O) groups excluding carboxylic acids is 1. The molecule has 1 aliphatic rings. The Bertz CT molecular complexity index is 152. The maximum atomic E-state index is 11.4. The van der Waals surface area contributed by atoms with E-state index in [0.29, 0.717) is 12.5 Å². The van der Waals surface area contributed by atoms with Gasteiger partial charge in [-0.3, -0.25) is 4.79 Å². The minimum Gasteiger partial charge on any atom is -0.377 e. The second-order valence-electron chi connectivity index (χ2n) is 3.11. The lowest BCUT2D eigenvalue weighted by Crippen LogP contribution is -2.29. The van der Waals surface area contributed by atoms with E-state index in [1.165, 1.54) is 7.11 Å². The molecule has 1 rings (SSSR count). The first kappa shape index (κ1) is 9.68. The summed E-state index contributed by atoms with van der Waals surface area (Å²) >= 11 is 0. The highest BCUT2D eigenvalue weighted by Crippen LogP contribution is 2.34. The average Bonchev–Trinajstić information content (AvgIpc) is 2.83. The lowest BCUT2D eigenvalue weighted by atomic mass is 10.1. The lowest BCUT2D eigenvalue weighted by molar-refractivity contribution is -0.135. The maximum absolute atomic E-state index is 11.4. The Balaban J connectivity index is 2.34. The molecule has 0 radical (unpaired) electrons. The van der Waals surface area contributed by atoms with Crippen LogP contribution in [-0.2, 0) is 14.3 Å². The first-order chi connectivity index (χ1) is 5.79. The first-order valence-corrected chi connectivity index (χ1v) is 4.42. The first-order valence-electron chi connectivity index (χ1n) is 4.42. The number of rotatable bonds is 6. The van der Waals surface area contributed by atoms with Crippen molar-refractivity contribution in [1.29, 1.82) is 0 Å². The topological polar surface area (TPSA) is 35.5 Å². The van der Waals surface area contributed by atoms with Crippen LogP contribution >= 0.6 is 0 Å². The molecule has 0 bridgehead atoms. The monoisotopic (exact) mass is 172 g/mol. The fraction of sp³-hybridized carbons (Fsp3) is 0.889. The van der Waals surface area contributed by atoms with Gasteiger partial charge in [-0.2, -0.15) is 0 Å². The molecule has 70 valence electrons. The minimum atomic E-state index is -0.199. The van der Waals surface area contributed by atoms with Gasteiger partial charge in [0, 0.05) is 13.7 Å². The third-order valence-corrected chi connectivity index (χ3v) is 2.00. The molecule has 1 aliphatic carbocycles. The third kappa shape index (κ3) is 2.57. The Morgan fingerprint density at radius 2 is 2.25 bits per heavy atom. The molecule has 1 unspecified atom stereocenters. The number of ether oxygens (including phenoxy) is 2. The number of carbonyl (C=O) groups is 1. The molecular formula is C9H16O3. The molecular weight excluding hydrogens is 156 g/mol. The Labute approximate surface area is 73.0 Å². The van der Waals surface area contributed by atoms with Crippen LogP contribution in [0.25, 0.3) is 0 Å². The summed E-state index contributed by atoms with van der Waals surface area (Å²) in [4.78, 5) is 11.4. The van der Waals surface area contributed by atoms with E-state index in [4.69, 9.17) is 9.47 Å². The van der Waals surface area contributed by atoms with Gasteiger partial charge in [0.05, 0.1) is 0 Å². The predicted molar refractivity (Wildman–Crippen MR) is 45.0 cm³/mol. The number of methoxy groups -OCH3 is 1. The summed E-state index contributed by atoms with van der Waals surface area (Å²) in [6.07, 6.45) is 2.05. The SMILES string of the molecule is CCOC(C(=O)COC)C1CC1. The number of hydrogen-bond donors (Lipinski definition) is 0. The molecule has 12 heavy (non-hydrogen) atoms. The van der Waals surface area contributed by atoms with Crippen molar-refractivity contribution in [3.05, 3.63) is 0 Å². The van der Waals surface area contributed by atoms with Crippen LogP contribution < -0.4 is 0 Å². The zero-order valence-corrected chi connectivity index (χ0v) is 7.71. The fourth-order valence-corrected chi connectivity index (χ4v) is 1.29. The van der Waals surface area contributed by atoms with Crippen LogP contribution in [0.4, 0.5) is 0 Å². The Morgan fingerprint density at radius 1 is 1.58 bits per heavy atom. The number of Topliss-reactive ketones (excluding diaryl/α,β-unsaturated/α-hetero) is 1. The molecule has 0 heterocycles. The van der Waals surface area contributed by atoms with Crippen molar-refractivity contribution in [3.63, 3.8) is 0 Å². The van der Waals surface area contributed by atoms with Crippen LogP contribution in [-0.4, -0.2) is 32.2 Å². The molecule has 3 heteroatoms. The van der Waals surface area contributed by atoms with Crippen molar-refractivity contribution >= 4 is 5.78 Å². The Morgan fingerprint density at radius 3 is 2.67 bits per heavy atom. The van der Waals surface area contributed by atoms with E-state index in [9.17, 15) is 4.79 Å². The van der Waals surface area contributed by atoms with Crippen molar-refractivity contribution < 1.29 is 14.3 Å². The highest BCUT2D eigenvalue weighted by atomic mass is 16.5. The quantitative estimate of drug-likeness (QED) is 0.600. The van der Waals surface area contributed by atoms with Gasteiger partial charge in [-0.15, -0.1) is 0 Å². The summed E-state index contributed by atoms with van der Waals surface area (Å²) in [5.74, 6) is 0.550. The van der Waals surface area contributed by atoms with Gasteiger partial charge in [-0.05, 0) is 25.7 Å². The molecule has 1 fully saturated rings. The second-order valence-corrected chi connectivity index (χ2v) is 3.11. The van der Waals surface area contributed by atoms with Crippen molar-refractivity contribution in [2.45, 2.75) is 25.9 Å². The highest BCUT2D eigenvalue weighted by molar-refractivity contribution is 5.84. The lowest BCUT2D eigenvalue weighted by Gasteiger charge is -2.13. The molecule has 3 nitrogen and oxygen atoms in total. The van der Waals surface area contributed by atoms with E-state index < -0.39 is 0 Å². The molecule has 0 aliphatic heterocycles. The molecule has 0 aromatic heterocycles.